The fourth-order valence-corrected chi connectivity index (χ4v) is 1.96. The molecule has 0 aromatic heterocycles. The number of amides is 1. The van der Waals surface area contributed by atoms with Crippen LogP contribution in [0.1, 0.15) is 47.7 Å². The van der Waals surface area contributed by atoms with Crippen LogP contribution in [0.2, 0.25) is 0 Å². The second kappa shape index (κ2) is 8.39. The first-order valence-electron chi connectivity index (χ1n) is 7.15. The monoisotopic (exact) mass is 272 g/mol. The van der Waals surface area contributed by atoms with E-state index in [0.29, 0.717) is 12.1 Å². The molecule has 0 aliphatic carbocycles. The maximum Gasteiger partial charge on any atom is 0.253 e. The highest BCUT2D eigenvalue weighted by molar-refractivity contribution is 5.94. The summed E-state index contributed by atoms with van der Waals surface area (Å²) in [5, 5.41) is 0. The summed E-state index contributed by atoms with van der Waals surface area (Å²) in [6.45, 7) is 5.27. The highest BCUT2D eigenvalue weighted by Gasteiger charge is 2.12. The van der Waals surface area contributed by atoms with E-state index in [1.165, 1.54) is 0 Å². The van der Waals surface area contributed by atoms with E-state index in [1.807, 2.05) is 32.2 Å². The fourth-order valence-electron chi connectivity index (χ4n) is 1.96. The van der Waals surface area contributed by atoms with Gasteiger partial charge < -0.3 is 10.6 Å². The predicted molar refractivity (Wildman–Crippen MR) is 83.6 cm³/mol. The molecule has 1 rings (SSSR count). The lowest BCUT2D eigenvalue weighted by Gasteiger charge is -2.17. The number of hydrogen-bond donors (Lipinski definition) is 1. The lowest BCUT2D eigenvalue weighted by Crippen LogP contribution is -2.27. The standard InChI is InChI=1S/C17H24N2O/c1-4-5-6-12-19(3)17(20)16-10-9-14(2)15(13-16)8-7-11-18/h9-10,13H,4-6,11-12,18H2,1-3H3. The first kappa shape index (κ1) is 16.3. The Morgan fingerprint density at radius 2 is 2.10 bits per heavy atom. The summed E-state index contributed by atoms with van der Waals surface area (Å²) in [4.78, 5) is 14.1. The average molecular weight is 272 g/mol. The molecule has 3 nitrogen and oxygen atoms in total. The minimum Gasteiger partial charge on any atom is -0.342 e. The molecule has 0 aliphatic heterocycles. The van der Waals surface area contributed by atoms with Crippen molar-refractivity contribution in [3.63, 3.8) is 0 Å². The number of rotatable bonds is 5. The van der Waals surface area contributed by atoms with E-state index in [9.17, 15) is 4.79 Å². The number of carbonyl (C=O) groups excluding carboxylic acids is 1. The van der Waals surface area contributed by atoms with Crippen molar-refractivity contribution >= 4 is 5.91 Å². The topological polar surface area (TPSA) is 46.3 Å². The highest BCUT2D eigenvalue weighted by atomic mass is 16.2. The van der Waals surface area contributed by atoms with Crippen LogP contribution in [0, 0.1) is 18.8 Å². The van der Waals surface area contributed by atoms with Gasteiger partial charge in [-0.15, -0.1) is 0 Å². The fraction of sp³-hybridized carbons (Fsp3) is 0.471. The van der Waals surface area contributed by atoms with E-state index >= 15 is 0 Å². The number of benzene rings is 1. The van der Waals surface area contributed by atoms with Gasteiger partial charge in [0.15, 0.2) is 0 Å². The van der Waals surface area contributed by atoms with E-state index in [-0.39, 0.29) is 5.91 Å². The van der Waals surface area contributed by atoms with Crippen molar-refractivity contribution in [1.29, 1.82) is 0 Å². The molecule has 1 aromatic carbocycles. The lowest BCUT2D eigenvalue weighted by molar-refractivity contribution is 0.0792. The number of nitrogens with zero attached hydrogens (tertiary/aromatic N) is 1. The normalized spacial score (nSPS) is 9.80. The second-order valence-electron chi connectivity index (χ2n) is 4.97. The van der Waals surface area contributed by atoms with Gasteiger partial charge in [0.25, 0.3) is 5.91 Å². The summed E-state index contributed by atoms with van der Waals surface area (Å²) in [5.41, 5.74) is 8.03. The Kier molecular flexibility index (Phi) is 6.83. The Balaban J connectivity index is 2.82. The molecular weight excluding hydrogens is 248 g/mol. The van der Waals surface area contributed by atoms with Gasteiger partial charge in [0.2, 0.25) is 0 Å². The van der Waals surface area contributed by atoms with Crippen molar-refractivity contribution in [3.8, 4) is 11.8 Å². The van der Waals surface area contributed by atoms with Crippen LogP contribution in [0.15, 0.2) is 18.2 Å². The van der Waals surface area contributed by atoms with Crippen LogP contribution in [0.25, 0.3) is 0 Å². The van der Waals surface area contributed by atoms with E-state index in [2.05, 4.69) is 18.8 Å². The molecule has 2 N–H and O–H groups in total. The summed E-state index contributed by atoms with van der Waals surface area (Å²) in [7, 11) is 1.85. The summed E-state index contributed by atoms with van der Waals surface area (Å²) in [5.74, 6) is 5.90. The Labute approximate surface area is 122 Å². The van der Waals surface area contributed by atoms with Crippen molar-refractivity contribution in [1.82, 2.24) is 4.90 Å². The molecular formula is C17H24N2O. The van der Waals surface area contributed by atoms with E-state index in [0.717, 1.165) is 36.9 Å². The van der Waals surface area contributed by atoms with E-state index in [1.54, 1.807) is 4.90 Å². The van der Waals surface area contributed by atoms with E-state index < -0.39 is 0 Å². The van der Waals surface area contributed by atoms with Gasteiger partial charge in [-0.05, 0) is 31.0 Å². The molecule has 3 heteroatoms. The molecule has 0 radical (unpaired) electrons. The van der Waals surface area contributed by atoms with Crippen LogP contribution >= 0.6 is 0 Å². The van der Waals surface area contributed by atoms with Gasteiger partial charge in [-0.2, -0.15) is 0 Å². The Morgan fingerprint density at radius 1 is 1.35 bits per heavy atom. The van der Waals surface area contributed by atoms with Crippen LogP contribution in [-0.4, -0.2) is 30.9 Å². The molecule has 0 fully saturated rings. The molecule has 108 valence electrons. The summed E-state index contributed by atoms with van der Waals surface area (Å²) >= 11 is 0. The molecule has 1 amide bonds. The molecule has 1 aromatic rings. The van der Waals surface area contributed by atoms with Gasteiger partial charge >= 0.3 is 0 Å². The highest BCUT2D eigenvalue weighted by Crippen LogP contribution is 2.12. The molecule has 0 saturated carbocycles. The van der Waals surface area contributed by atoms with Crippen LogP contribution in [-0.2, 0) is 0 Å². The maximum atomic E-state index is 12.3. The van der Waals surface area contributed by atoms with Gasteiger partial charge in [-0.1, -0.05) is 37.7 Å². The van der Waals surface area contributed by atoms with Crippen LogP contribution in [0.3, 0.4) is 0 Å². The molecule has 0 bridgehead atoms. The summed E-state index contributed by atoms with van der Waals surface area (Å²) < 4.78 is 0. The zero-order valence-corrected chi connectivity index (χ0v) is 12.7. The zero-order chi connectivity index (χ0) is 15.0. The van der Waals surface area contributed by atoms with Crippen molar-refractivity contribution < 1.29 is 4.79 Å². The van der Waals surface area contributed by atoms with Gasteiger partial charge in [0.1, 0.15) is 0 Å². The average Bonchev–Trinajstić information content (AvgIpc) is 2.45. The molecule has 0 aliphatic rings. The van der Waals surface area contributed by atoms with Crippen molar-refractivity contribution in [2.24, 2.45) is 5.73 Å². The third-order valence-corrected chi connectivity index (χ3v) is 3.25. The third-order valence-electron chi connectivity index (χ3n) is 3.25. The van der Waals surface area contributed by atoms with Crippen molar-refractivity contribution in [3.05, 3.63) is 34.9 Å². The molecule has 0 spiro atoms. The Hall–Kier alpha value is -1.79. The molecule has 0 saturated heterocycles. The number of carbonyl (C=O) groups is 1. The summed E-state index contributed by atoms with van der Waals surface area (Å²) in [6.07, 6.45) is 3.36. The second-order valence-corrected chi connectivity index (χ2v) is 4.97. The smallest absolute Gasteiger partial charge is 0.253 e. The first-order valence-corrected chi connectivity index (χ1v) is 7.15. The predicted octanol–water partition coefficient (Wildman–Crippen LogP) is 2.57. The molecule has 20 heavy (non-hydrogen) atoms. The quantitative estimate of drug-likeness (QED) is 0.661. The Bertz CT molecular complexity index is 511. The summed E-state index contributed by atoms with van der Waals surface area (Å²) in [6, 6.07) is 5.66. The number of nitrogens with two attached hydrogens (primary N) is 1. The van der Waals surface area contributed by atoms with Gasteiger partial charge in [0, 0.05) is 24.7 Å². The zero-order valence-electron chi connectivity index (χ0n) is 12.7. The molecule has 0 atom stereocenters. The third kappa shape index (κ3) is 4.71. The van der Waals surface area contributed by atoms with Gasteiger partial charge in [-0.3, -0.25) is 4.79 Å². The number of aryl methyl sites for hydroxylation is 1. The van der Waals surface area contributed by atoms with Crippen LogP contribution in [0.5, 0.6) is 0 Å². The maximum absolute atomic E-state index is 12.3. The minimum absolute atomic E-state index is 0.0527. The number of hydrogen-bond acceptors (Lipinski definition) is 2. The lowest BCUT2D eigenvalue weighted by atomic mass is 10.0. The SMILES string of the molecule is CCCCCN(C)C(=O)c1ccc(C)c(C#CCN)c1. The van der Waals surface area contributed by atoms with Crippen molar-refractivity contribution in [2.75, 3.05) is 20.1 Å². The molecule has 0 heterocycles. The van der Waals surface area contributed by atoms with Gasteiger partial charge in [-0.25, -0.2) is 0 Å². The first-order chi connectivity index (χ1) is 9.60. The minimum atomic E-state index is 0.0527. The Morgan fingerprint density at radius 3 is 2.75 bits per heavy atom. The van der Waals surface area contributed by atoms with Crippen LogP contribution in [0.4, 0.5) is 0 Å². The molecule has 0 unspecified atom stereocenters. The van der Waals surface area contributed by atoms with E-state index in [4.69, 9.17) is 5.73 Å². The van der Waals surface area contributed by atoms with Crippen LogP contribution < -0.4 is 5.73 Å². The van der Waals surface area contributed by atoms with Gasteiger partial charge in [0.05, 0.1) is 6.54 Å². The number of unbranched alkanes of at least 4 members (excludes halogenated alkanes) is 2. The largest absolute Gasteiger partial charge is 0.342 e. The van der Waals surface area contributed by atoms with Crippen molar-refractivity contribution in [2.45, 2.75) is 33.1 Å².